The van der Waals surface area contributed by atoms with Crippen LogP contribution in [-0.4, -0.2) is 77.5 Å². The maximum atomic E-state index is 13.2. The molecule has 3 atom stereocenters. The smallest absolute Gasteiger partial charge is 0.408 e. The first-order valence-corrected chi connectivity index (χ1v) is 19.4. The Morgan fingerprint density at radius 1 is 0.875 bits per heavy atom. The Morgan fingerprint density at radius 2 is 1.66 bits per heavy atom. The molecule has 3 aliphatic rings. The number of amides is 2. The largest absolute Gasteiger partial charge is 0.506 e. The molecule has 2 bridgehead atoms. The van der Waals surface area contributed by atoms with E-state index in [4.69, 9.17) is 9.47 Å². The van der Waals surface area contributed by atoms with Crippen molar-refractivity contribution in [2.45, 2.75) is 50.5 Å². The Kier molecular flexibility index (Phi) is 12.6. The van der Waals surface area contributed by atoms with Crippen LogP contribution in [0, 0.1) is 5.92 Å². The molecule has 56 heavy (non-hydrogen) atoms. The van der Waals surface area contributed by atoms with Crippen molar-refractivity contribution in [3.05, 3.63) is 141 Å². The normalized spacial score (nSPS) is 18.6. The molecule has 2 unspecified atom stereocenters. The fourth-order valence-electron chi connectivity index (χ4n) is 7.67. The minimum atomic E-state index is -0.831. The highest BCUT2D eigenvalue weighted by atomic mass is 16.6. The number of aliphatic hydroxyl groups is 1. The fourth-order valence-corrected chi connectivity index (χ4v) is 7.67. The summed E-state index contributed by atoms with van der Waals surface area (Å²) in [6, 6.07) is 30.5. The van der Waals surface area contributed by atoms with Crippen molar-refractivity contribution < 1.29 is 29.3 Å². The van der Waals surface area contributed by atoms with E-state index in [0.717, 1.165) is 62.0 Å². The van der Waals surface area contributed by atoms with Crippen LogP contribution >= 0.6 is 0 Å². The Hall–Kier alpha value is -5.69. The lowest BCUT2D eigenvalue weighted by Gasteiger charge is -2.43. The van der Waals surface area contributed by atoms with Crippen LogP contribution in [0.4, 0.5) is 4.79 Å². The van der Waals surface area contributed by atoms with Crippen molar-refractivity contribution in [3.63, 3.8) is 0 Å². The number of nitrogens with one attached hydrogen (secondary N) is 4. The summed E-state index contributed by atoms with van der Waals surface area (Å²) in [5, 5.41) is 30.8. The summed E-state index contributed by atoms with van der Waals surface area (Å²) >= 11 is 0. The Balaban J connectivity index is 0.866. The minimum Gasteiger partial charge on any atom is -0.506 e. The third-order valence-electron chi connectivity index (χ3n) is 10.7. The van der Waals surface area contributed by atoms with Gasteiger partial charge >= 0.3 is 6.09 Å². The van der Waals surface area contributed by atoms with E-state index >= 15 is 0 Å². The van der Waals surface area contributed by atoms with Gasteiger partial charge in [0.2, 0.25) is 5.56 Å². The van der Waals surface area contributed by atoms with E-state index in [1.807, 2.05) is 72.8 Å². The van der Waals surface area contributed by atoms with Gasteiger partial charge in [0.15, 0.2) is 0 Å². The van der Waals surface area contributed by atoms with Crippen LogP contribution in [0.15, 0.2) is 108 Å². The zero-order valence-corrected chi connectivity index (χ0v) is 31.3. The topological polar surface area (TPSA) is 165 Å². The van der Waals surface area contributed by atoms with Gasteiger partial charge in [0.25, 0.3) is 5.91 Å². The average molecular weight is 760 g/mol. The molecule has 0 spiro atoms. The molecule has 3 aliphatic heterocycles. The summed E-state index contributed by atoms with van der Waals surface area (Å²) in [6.07, 6.45) is 2.31. The highest BCUT2D eigenvalue weighted by Crippen LogP contribution is 2.31. The van der Waals surface area contributed by atoms with Crippen molar-refractivity contribution in [2.24, 2.45) is 5.92 Å². The molecule has 5 aromatic rings. The molecule has 0 saturated carbocycles. The number of hydrogen-bond acceptors (Lipinski definition) is 9. The highest BCUT2D eigenvalue weighted by Gasteiger charge is 2.37. The number of ether oxygens (including phenoxy) is 2. The number of alkyl carbamates (subject to hydrolysis) is 1. The number of carbonyl (C=O) groups excluding carboxylic acids is 2. The van der Waals surface area contributed by atoms with Gasteiger partial charge in [-0.15, -0.1) is 0 Å². The number of benzene rings is 4. The number of H-pyrrole nitrogens is 1. The van der Waals surface area contributed by atoms with Crippen LogP contribution in [0.5, 0.6) is 11.5 Å². The molecule has 8 rings (SSSR count). The number of aromatic hydroxyl groups is 1. The molecule has 292 valence electrons. The van der Waals surface area contributed by atoms with Crippen molar-refractivity contribution in [2.75, 3.05) is 39.3 Å². The maximum absolute atomic E-state index is 13.2. The van der Waals surface area contributed by atoms with Crippen LogP contribution in [0.2, 0.25) is 0 Å². The lowest BCUT2D eigenvalue weighted by Crippen LogP contribution is -2.52. The molecule has 4 aromatic carbocycles. The maximum Gasteiger partial charge on any atom is 0.408 e. The van der Waals surface area contributed by atoms with E-state index in [2.05, 4.69) is 25.8 Å². The van der Waals surface area contributed by atoms with Crippen LogP contribution in [0.25, 0.3) is 10.9 Å². The van der Waals surface area contributed by atoms with Gasteiger partial charge in [-0.3, -0.25) is 14.5 Å². The molecule has 2 amide bonds. The molecule has 0 radical (unpaired) electrons. The number of fused-ring (bicyclic) bond motifs is 4. The molecule has 1 aromatic heterocycles. The fraction of sp³-hybridized carbons (Fsp3) is 0.341. The number of aliphatic hydroxyl groups excluding tert-OH is 1. The Labute approximate surface area is 325 Å². The molecule has 6 N–H and O–H groups in total. The van der Waals surface area contributed by atoms with Crippen molar-refractivity contribution in [1.82, 2.24) is 25.8 Å². The summed E-state index contributed by atoms with van der Waals surface area (Å²) in [5.74, 6) is 0.837. The highest BCUT2D eigenvalue weighted by molar-refractivity contribution is 5.94. The Morgan fingerprint density at radius 3 is 2.46 bits per heavy atom. The monoisotopic (exact) mass is 759 g/mol. The zero-order chi connectivity index (χ0) is 38.9. The summed E-state index contributed by atoms with van der Waals surface area (Å²) in [7, 11) is 0. The number of pyridine rings is 1. The third-order valence-corrected chi connectivity index (χ3v) is 10.7. The van der Waals surface area contributed by atoms with Crippen molar-refractivity contribution >= 4 is 22.9 Å². The number of piperidine rings is 3. The number of rotatable bonds is 16. The minimum absolute atomic E-state index is 0.0489. The molecule has 3 saturated heterocycles. The van der Waals surface area contributed by atoms with Gasteiger partial charge in [-0.2, -0.15) is 0 Å². The zero-order valence-electron chi connectivity index (χ0n) is 31.3. The molecule has 12 nitrogen and oxygen atoms in total. The van der Waals surface area contributed by atoms with E-state index in [0.29, 0.717) is 53.3 Å². The number of aromatic amines is 1. The molecule has 0 aliphatic carbocycles. The molecule has 4 heterocycles. The number of phenols is 1. The van der Waals surface area contributed by atoms with Gasteiger partial charge in [0, 0.05) is 36.7 Å². The standard InChI is InChI=1S/C44H49N5O7/c50-37-16-14-35(36-15-17-40(52)47-42(36)37)38(51)26-45-20-4-5-21-46-43(53)33-12-6-8-29(24-33)28-55-34-13-7-11-32(25-34)41(31-9-2-1-3-10-31)48-44(54)56-39-27-49-22-18-30(39)19-23-49/h1-3,6-17,24-25,30,38-39,41,45,50-51H,4-5,18-23,26-28H2,(H,46,53)(H,47,52)(H,48,54)/t38?,39?,41-/m0/s1. The van der Waals surface area contributed by atoms with Crippen LogP contribution in [0.1, 0.15) is 70.4 Å². The number of aromatic nitrogens is 1. The number of nitrogens with zero attached hydrogens (tertiary/aromatic N) is 1. The summed E-state index contributed by atoms with van der Waals surface area (Å²) in [4.78, 5) is 42.9. The van der Waals surface area contributed by atoms with Crippen LogP contribution < -0.4 is 26.2 Å². The molecular weight excluding hydrogens is 711 g/mol. The van der Waals surface area contributed by atoms with Crippen LogP contribution in [-0.2, 0) is 11.3 Å². The lowest BCUT2D eigenvalue weighted by molar-refractivity contribution is -0.0336. The van der Waals surface area contributed by atoms with Gasteiger partial charge in [0.1, 0.15) is 24.2 Å². The second kappa shape index (κ2) is 18.3. The van der Waals surface area contributed by atoms with Crippen molar-refractivity contribution in [3.8, 4) is 11.5 Å². The predicted octanol–water partition coefficient (Wildman–Crippen LogP) is 5.56. The second-order valence-electron chi connectivity index (χ2n) is 14.6. The van der Waals surface area contributed by atoms with Gasteiger partial charge in [-0.25, -0.2) is 4.79 Å². The van der Waals surface area contributed by atoms with E-state index in [-0.39, 0.29) is 29.9 Å². The van der Waals surface area contributed by atoms with Gasteiger partial charge < -0.3 is 40.6 Å². The van der Waals surface area contributed by atoms with E-state index in [9.17, 15) is 24.6 Å². The average Bonchev–Trinajstić information content (AvgIpc) is 3.23. The number of unbranched alkanes of at least 4 members (excludes halogenated alkanes) is 1. The summed E-state index contributed by atoms with van der Waals surface area (Å²) < 4.78 is 12.2. The van der Waals surface area contributed by atoms with Gasteiger partial charge in [-0.1, -0.05) is 60.7 Å². The first kappa shape index (κ1) is 38.6. The predicted molar refractivity (Wildman–Crippen MR) is 214 cm³/mol. The number of hydrogen-bond donors (Lipinski definition) is 6. The van der Waals surface area contributed by atoms with Crippen molar-refractivity contribution in [1.29, 1.82) is 0 Å². The molecule has 12 heteroatoms. The third kappa shape index (κ3) is 9.75. The molecular formula is C44H49N5O7. The lowest BCUT2D eigenvalue weighted by atomic mass is 9.86. The first-order chi connectivity index (χ1) is 27.3. The number of phenolic OH excluding ortho intramolecular Hbond substituents is 1. The Bertz CT molecular complexity index is 2170. The summed E-state index contributed by atoms with van der Waals surface area (Å²) in [6.45, 7) is 4.63. The van der Waals surface area contributed by atoms with E-state index in [1.165, 1.54) is 12.1 Å². The SMILES string of the molecule is O=C(N[C@@H](c1ccccc1)c1cccc(OCc2cccc(C(=O)NCCCCNCC(O)c3ccc(O)c4[nH]c(=O)ccc34)c2)c1)OC1CN2CCC1CC2. The van der Waals surface area contributed by atoms with Crippen LogP contribution in [0.3, 0.4) is 0 Å². The van der Waals surface area contributed by atoms with Gasteiger partial charge in [0.05, 0.1) is 17.7 Å². The van der Waals surface area contributed by atoms with E-state index in [1.54, 1.807) is 18.2 Å². The molecule has 3 fully saturated rings. The first-order valence-electron chi connectivity index (χ1n) is 19.4. The number of carbonyl (C=O) groups is 2. The van der Waals surface area contributed by atoms with E-state index < -0.39 is 18.2 Å². The quantitative estimate of drug-likeness (QED) is 0.0708. The van der Waals surface area contributed by atoms with Gasteiger partial charge in [-0.05, 0) is 110 Å². The second-order valence-corrected chi connectivity index (χ2v) is 14.6. The summed E-state index contributed by atoms with van der Waals surface area (Å²) in [5.41, 5.74) is 3.77.